The molecule has 0 rings (SSSR count). The minimum absolute atomic E-state index is 0.241. The second kappa shape index (κ2) is 6.90. The lowest BCUT2D eigenvalue weighted by atomic mass is 9.88. The Labute approximate surface area is 106 Å². The van der Waals surface area contributed by atoms with E-state index < -0.39 is 23.2 Å². The Balaban J connectivity index is 4.99. The molecule has 6 heteroatoms. The van der Waals surface area contributed by atoms with Crippen LogP contribution in [0.1, 0.15) is 39.5 Å². The van der Waals surface area contributed by atoms with Crippen LogP contribution >= 0.6 is 0 Å². The molecule has 0 saturated carbocycles. The fraction of sp³-hybridized carbons (Fsp3) is 0.583. The highest BCUT2D eigenvalue weighted by molar-refractivity contribution is 6.13. The molecule has 0 radical (unpaired) electrons. The number of nitrogens with two attached hydrogens (primary N) is 2. The van der Waals surface area contributed by atoms with Crippen LogP contribution in [-0.4, -0.2) is 28.3 Å². The predicted octanol–water partition coefficient (Wildman–Crippen LogP) is 0.350. The number of carboxylic acid groups (broad SMARTS) is 1. The van der Waals surface area contributed by atoms with E-state index in [0.717, 1.165) is 12.0 Å². The van der Waals surface area contributed by atoms with E-state index in [9.17, 15) is 14.4 Å². The van der Waals surface area contributed by atoms with Crippen LogP contribution < -0.4 is 11.5 Å². The van der Waals surface area contributed by atoms with Crippen LogP contribution in [-0.2, 0) is 14.4 Å². The summed E-state index contributed by atoms with van der Waals surface area (Å²) in [5, 5.41) is 9.03. The summed E-state index contributed by atoms with van der Waals surface area (Å²) in [6.45, 7) is 3.68. The standard InChI is InChI=1S/C12H20N2O4/c1-3-4-8(2)7-9(15)12(14,11(17)18)6-5-10(13)16/h7H,3-6,14H2,1-2H3,(H2,13,16)(H,17,18)/b8-7+. The van der Waals surface area contributed by atoms with Crippen LogP contribution in [0.25, 0.3) is 0 Å². The van der Waals surface area contributed by atoms with Gasteiger partial charge in [-0.25, -0.2) is 4.79 Å². The molecule has 6 nitrogen and oxygen atoms in total. The van der Waals surface area contributed by atoms with E-state index in [1.165, 1.54) is 6.08 Å². The Hall–Kier alpha value is -1.69. The fourth-order valence-corrected chi connectivity index (χ4v) is 1.47. The van der Waals surface area contributed by atoms with Crippen molar-refractivity contribution in [3.8, 4) is 0 Å². The minimum atomic E-state index is -2.08. The number of aliphatic carboxylic acids is 1. The van der Waals surface area contributed by atoms with Gasteiger partial charge < -0.3 is 16.6 Å². The summed E-state index contributed by atoms with van der Waals surface area (Å²) in [7, 11) is 0. The Kier molecular flexibility index (Phi) is 6.26. The second-order valence-corrected chi connectivity index (χ2v) is 4.35. The predicted molar refractivity (Wildman–Crippen MR) is 66.7 cm³/mol. The molecule has 0 heterocycles. The maximum Gasteiger partial charge on any atom is 0.331 e. The van der Waals surface area contributed by atoms with Crippen molar-refractivity contribution in [3.63, 3.8) is 0 Å². The van der Waals surface area contributed by atoms with Crippen molar-refractivity contribution in [1.29, 1.82) is 0 Å². The van der Waals surface area contributed by atoms with Crippen molar-refractivity contribution < 1.29 is 19.5 Å². The molecule has 0 aliphatic carbocycles. The van der Waals surface area contributed by atoms with Gasteiger partial charge in [0.2, 0.25) is 5.91 Å². The van der Waals surface area contributed by atoms with Crippen molar-refractivity contribution in [2.75, 3.05) is 0 Å². The van der Waals surface area contributed by atoms with Crippen molar-refractivity contribution in [1.82, 2.24) is 0 Å². The molecule has 18 heavy (non-hydrogen) atoms. The number of amides is 1. The van der Waals surface area contributed by atoms with Gasteiger partial charge in [-0.1, -0.05) is 18.9 Å². The van der Waals surface area contributed by atoms with Crippen LogP contribution in [0.4, 0.5) is 0 Å². The topological polar surface area (TPSA) is 123 Å². The van der Waals surface area contributed by atoms with E-state index in [1.807, 2.05) is 6.92 Å². The molecule has 0 aromatic carbocycles. The molecule has 102 valence electrons. The van der Waals surface area contributed by atoms with Gasteiger partial charge in [0.25, 0.3) is 0 Å². The number of ketones is 1. The molecule has 1 atom stereocenters. The molecule has 0 bridgehead atoms. The third kappa shape index (κ3) is 4.67. The van der Waals surface area contributed by atoms with Gasteiger partial charge in [-0.3, -0.25) is 9.59 Å². The van der Waals surface area contributed by atoms with Gasteiger partial charge in [0.05, 0.1) is 0 Å². The van der Waals surface area contributed by atoms with Crippen molar-refractivity contribution in [3.05, 3.63) is 11.6 Å². The lowest BCUT2D eigenvalue weighted by molar-refractivity contribution is -0.147. The first-order valence-corrected chi connectivity index (χ1v) is 5.76. The Morgan fingerprint density at radius 1 is 1.28 bits per heavy atom. The molecule has 0 aromatic rings. The maximum atomic E-state index is 11.9. The van der Waals surface area contributed by atoms with E-state index in [1.54, 1.807) is 6.92 Å². The van der Waals surface area contributed by atoms with Crippen LogP contribution in [0.15, 0.2) is 11.6 Å². The number of rotatable bonds is 8. The molecule has 1 amide bonds. The summed E-state index contributed by atoms with van der Waals surface area (Å²) in [5.74, 6) is -2.84. The third-order valence-corrected chi connectivity index (χ3v) is 2.61. The van der Waals surface area contributed by atoms with Crippen LogP contribution in [0, 0.1) is 0 Å². The fourth-order valence-electron chi connectivity index (χ4n) is 1.47. The van der Waals surface area contributed by atoms with Gasteiger partial charge in [0.1, 0.15) is 0 Å². The summed E-state index contributed by atoms with van der Waals surface area (Å²) in [6.07, 6.45) is 2.24. The van der Waals surface area contributed by atoms with Gasteiger partial charge in [-0.15, -0.1) is 0 Å². The van der Waals surface area contributed by atoms with Crippen molar-refractivity contribution >= 4 is 17.7 Å². The minimum Gasteiger partial charge on any atom is -0.480 e. The first-order chi connectivity index (χ1) is 8.24. The Morgan fingerprint density at radius 2 is 1.83 bits per heavy atom. The lowest BCUT2D eigenvalue weighted by Gasteiger charge is -2.21. The molecule has 0 aromatic heterocycles. The number of carbonyl (C=O) groups is 3. The van der Waals surface area contributed by atoms with Crippen molar-refractivity contribution in [2.24, 2.45) is 11.5 Å². The largest absolute Gasteiger partial charge is 0.480 e. The maximum absolute atomic E-state index is 11.9. The van der Waals surface area contributed by atoms with Gasteiger partial charge >= 0.3 is 5.97 Å². The number of primary amides is 1. The molecule has 0 saturated heterocycles. The third-order valence-electron chi connectivity index (χ3n) is 2.61. The highest BCUT2D eigenvalue weighted by Crippen LogP contribution is 2.15. The highest BCUT2D eigenvalue weighted by atomic mass is 16.4. The smallest absolute Gasteiger partial charge is 0.331 e. The first kappa shape index (κ1) is 16.3. The van der Waals surface area contributed by atoms with E-state index in [4.69, 9.17) is 16.6 Å². The zero-order chi connectivity index (χ0) is 14.3. The number of hydrogen-bond acceptors (Lipinski definition) is 4. The van der Waals surface area contributed by atoms with Crippen molar-refractivity contribution in [2.45, 2.75) is 45.1 Å². The Bertz CT molecular complexity index is 376. The summed E-state index contributed by atoms with van der Waals surface area (Å²) >= 11 is 0. The van der Waals surface area contributed by atoms with E-state index in [2.05, 4.69) is 0 Å². The zero-order valence-electron chi connectivity index (χ0n) is 10.7. The number of allylic oxidation sites excluding steroid dienone is 1. The molecule has 0 spiro atoms. The number of carbonyl (C=O) groups excluding carboxylic acids is 2. The monoisotopic (exact) mass is 256 g/mol. The first-order valence-electron chi connectivity index (χ1n) is 5.76. The quantitative estimate of drug-likeness (QED) is 0.427. The molecule has 0 aliphatic rings. The summed E-state index contributed by atoms with van der Waals surface area (Å²) in [4.78, 5) is 33.6. The average molecular weight is 256 g/mol. The number of hydrogen-bond donors (Lipinski definition) is 3. The average Bonchev–Trinajstić information content (AvgIpc) is 2.25. The van der Waals surface area contributed by atoms with Gasteiger partial charge in [0.15, 0.2) is 11.3 Å². The summed E-state index contributed by atoms with van der Waals surface area (Å²) in [6, 6.07) is 0. The Morgan fingerprint density at radius 3 is 2.22 bits per heavy atom. The van der Waals surface area contributed by atoms with Gasteiger partial charge in [0, 0.05) is 6.42 Å². The summed E-state index contributed by atoms with van der Waals surface area (Å²) < 4.78 is 0. The SMILES string of the molecule is CCC/C(C)=C/C(=O)C(N)(CCC(N)=O)C(=O)O. The van der Waals surface area contributed by atoms with Crippen LogP contribution in [0.2, 0.25) is 0 Å². The van der Waals surface area contributed by atoms with E-state index in [-0.39, 0.29) is 12.8 Å². The summed E-state index contributed by atoms with van der Waals surface area (Å²) in [5.41, 5.74) is 9.19. The number of carboxylic acids is 1. The molecular weight excluding hydrogens is 236 g/mol. The molecular formula is C12H20N2O4. The lowest BCUT2D eigenvalue weighted by Crippen LogP contribution is -2.54. The second-order valence-electron chi connectivity index (χ2n) is 4.35. The van der Waals surface area contributed by atoms with E-state index in [0.29, 0.717) is 6.42 Å². The molecule has 0 fully saturated rings. The van der Waals surface area contributed by atoms with E-state index >= 15 is 0 Å². The van der Waals surface area contributed by atoms with Crippen LogP contribution in [0.3, 0.4) is 0 Å². The zero-order valence-corrected chi connectivity index (χ0v) is 10.7. The molecule has 0 aliphatic heterocycles. The molecule has 1 unspecified atom stereocenters. The van der Waals surface area contributed by atoms with Gasteiger partial charge in [-0.05, 0) is 25.8 Å². The molecule has 5 N–H and O–H groups in total. The normalized spacial score (nSPS) is 14.9. The van der Waals surface area contributed by atoms with Crippen LogP contribution in [0.5, 0.6) is 0 Å². The van der Waals surface area contributed by atoms with Gasteiger partial charge in [-0.2, -0.15) is 0 Å². The highest BCUT2D eigenvalue weighted by Gasteiger charge is 2.40.